The average Bonchev–Trinajstić information content (AvgIpc) is 3.26. The van der Waals surface area contributed by atoms with Crippen LogP contribution in [0.15, 0.2) is 54.9 Å². The Kier molecular flexibility index (Phi) is 5.83. The number of aromatic nitrogens is 3. The first-order valence-corrected chi connectivity index (χ1v) is 9.48. The van der Waals surface area contributed by atoms with E-state index >= 15 is 0 Å². The Labute approximate surface area is 169 Å². The minimum Gasteiger partial charge on any atom is -0.497 e. The molecule has 0 saturated carbocycles. The number of benzene rings is 1. The largest absolute Gasteiger partial charge is 0.497 e. The van der Waals surface area contributed by atoms with Crippen LogP contribution in [0.25, 0.3) is 5.69 Å². The van der Waals surface area contributed by atoms with Crippen molar-refractivity contribution >= 4 is 11.7 Å². The summed E-state index contributed by atoms with van der Waals surface area (Å²) in [5.41, 5.74) is 2.27. The summed E-state index contributed by atoms with van der Waals surface area (Å²) in [5.74, 6) is 0.965. The minimum atomic E-state index is -0.300. The predicted octanol–water partition coefficient (Wildman–Crippen LogP) is 2.36. The van der Waals surface area contributed by atoms with Crippen LogP contribution in [0.5, 0.6) is 5.75 Å². The molecule has 1 fully saturated rings. The van der Waals surface area contributed by atoms with Gasteiger partial charge < -0.3 is 14.8 Å². The summed E-state index contributed by atoms with van der Waals surface area (Å²) in [6.45, 7) is 4.22. The van der Waals surface area contributed by atoms with Crippen LogP contribution < -0.4 is 10.1 Å². The highest BCUT2D eigenvalue weighted by atomic mass is 16.5. The summed E-state index contributed by atoms with van der Waals surface area (Å²) in [4.78, 5) is 19.2. The first-order chi connectivity index (χ1) is 14.2. The standard InChI is InChI=1S/C21H23N5O3/c1-28-18-5-3-17(4-6-18)26-9-8-19(24-26)21(27)23-20-7-2-16(14-22-20)15-25-10-12-29-13-11-25/h2-9,14H,10-13,15H2,1H3,(H,22,23,27). The van der Waals surface area contributed by atoms with E-state index < -0.39 is 0 Å². The molecule has 3 heterocycles. The van der Waals surface area contributed by atoms with Crippen molar-refractivity contribution in [2.24, 2.45) is 0 Å². The van der Waals surface area contributed by atoms with Gasteiger partial charge in [0.2, 0.25) is 0 Å². The normalized spacial score (nSPS) is 14.5. The number of anilines is 1. The van der Waals surface area contributed by atoms with Gasteiger partial charge in [-0.25, -0.2) is 9.67 Å². The molecule has 29 heavy (non-hydrogen) atoms. The SMILES string of the molecule is COc1ccc(-n2ccc(C(=O)Nc3ccc(CN4CCOCC4)cn3)n2)cc1. The number of nitrogens with one attached hydrogen (secondary N) is 1. The summed E-state index contributed by atoms with van der Waals surface area (Å²) >= 11 is 0. The van der Waals surface area contributed by atoms with Crippen LogP contribution in [-0.4, -0.2) is 59.0 Å². The molecular weight excluding hydrogens is 370 g/mol. The fourth-order valence-electron chi connectivity index (χ4n) is 3.11. The number of carbonyl (C=O) groups is 1. The molecule has 8 heteroatoms. The van der Waals surface area contributed by atoms with Crippen LogP contribution >= 0.6 is 0 Å². The molecule has 0 aliphatic carbocycles. The number of carbonyl (C=O) groups excluding carboxylic acids is 1. The number of morpholine rings is 1. The number of hydrogen-bond donors (Lipinski definition) is 1. The first kappa shape index (κ1) is 19.1. The van der Waals surface area contributed by atoms with Crippen molar-refractivity contribution in [1.29, 1.82) is 0 Å². The Hall–Kier alpha value is -3.23. The van der Waals surface area contributed by atoms with E-state index in [1.807, 2.05) is 36.4 Å². The molecule has 150 valence electrons. The maximum Gasteiger partial charge on any atom is 0.277 e. The van der Waals surface area contributed by atoms with E-state index in [1.165, 1.54) is 0 Å². The molecule has 3 aromatic rings. The van der Waals surface area contributed by atoms with Crippen molar-refractivity contribution in [3.8, 4) is 11.4 Å². The number of amides is 1. The van der Waals surface area contributed by atoms with Crippen molar-refractivity contribution in [2.45, 2.75) is 6.54 Å². The van der Waals surface area contributed by atoms with Gasteiger partial charge in [-0.05, 0) is 42.0 Å². The molecule has 0 atom stereocenters. The van der Waals surface area contributed by atoms with Gasteiger partial charge in [0, 0.05) is 32.0 Å². The molecule has 8 nitrogen and oxygen atoms in total. The van der Waals surface area contributed by atoms with Crippen LogP contribution in [-0.2, 0) is 11.3 Å². The van der Waals surface area contributed by atoms with Crippen molar-refractivity contribution in [2.75, 3.05) is 38.7 Å². The predicted molar refractivity (Wildman–Crippen MR) is 108 cm³/mol. The Morgan fingerprint density at radius 3 is 2.62 bits per heavy atom. The summed E-state index contributed by atoms with van der Waals surface area (Å²) < 4.78 is 12.2. The number of nitrogens with zero attached hydrogens (tertiary/aromatic N) is 4. The molecule has 0 bridgehead atoms. The Morgan fingerprint density at radius 2 is 1.93 bits per heavy atom. The van der Waals surface area contributed by atoms with E-state index in [9.17, 15) is 4.79 Å². The zero-order valence-electron chi connectivity index (χ0n) is 16.2. The number of pyridine rings is 1. The zero-order chi connectivity index (χ0) is 20.1. The molecule has 0 unspecified atom stereocenters. The van der Waals surface area contributed by atoms with Crippen molar-refractivity contribution in [3.63, 3.8) is 0 Å². The lowest BCUT2D eigenvalue weighted by Gasteiger charge is -2.26. The van der Waals surface area contributed by atoms with E-state index in [4.69, 9.17) is 9.47 Å². The second kappa shape index (κ2) is 8.85. The van der Waals surface area contributed by atoms with E-state index in [2.05, 4.69) is 20.3 Å². The Balaban J connectivity index is 1.37. The second-order valence-corrected chi connectivity index (χ2v) is 6.74. The van der Waals surface area contributed by atoms with Gasteiger partial charge in [0.25, 0.3) is 5.91 Å². The van der Waals surface area contributed by atoms with Crippen molar-refractivity contribution in [3.05, 3.63) is 66.1 Å². The fourth-order valence-corrected chi connectivity index (χ4v) is 3.11. The molecular formula is C21H23N5O3. The van der Waals surface area contributed by atoms with Gasteiger partial charge in [0.1, 0.15) is 11.6 Å². The summed E-state index contributed by atoms with van der Waals surface area (Å²) in [7, 11) is 1.62. The van der Waals surface area contributed by atoms with Crippen LogP contribution in [0.2, 0.25) is 0 Å². The van der Waals surface area contributed by atoms with Gasteiger partial charge in [0.15, 0.2) is 5.69 Å². The topological polar surface area (TPSA) is 81.5 Å². The van der Waals surface area contributed by atoms with Crippen molar-refractivity contribution in [1.82, 2.24) is 19.7 Å². The Morgan fingerprint density at radius 1 is 1.14 bits per heavy atom. The summed E-state index contributed by atoms with van der Waals surface area (Å²) in [6.07, 6.45) is 3.54. The molecule has 1 amide bonds. The zero-order valence-corrected chi connectivity index (χ0v) is 16.2. The van der Waals surface area contributed by atoms with E-state index in [0.717, 1.165) is 49.8 Å². The first-order valence-electron chi connectivity index (χ1n) is 9.48. The van der Waals surface area contributed by atoms with Gasteiger partial charge in [-0.15, -0.1) is 0 Å². The van der Waals surface area contributed by atoms with Crippen LogP contribution in [0, 0.1) is 0 Å². The lowest BCUT2D eigenvalue weighted by Crippen LogP contribution is -2.35. The maximum absolute atomic E-state index is 12.5. The molecule has 0 radical (unpaired) electrons. The smallest absolute Gasteiger partial charge is 0.277 e. The monoisotopic (exact) mass is 393 g/mol. The second-order valence-electron chi connectivity index (χ2n) is 6.74. The molecule has 0 spiro atoms. The van der Waals surface area contributed by atoms with E-state index in [0.29, 0.717) is 11.5 Å². The number of methoxy groups -OCH3 is 1. The van der Waals surface area contributed by atoms with Gasteiger partial charge in [-0.1, -0.05) is 6.07 Å². The third-order valence-corrected chi connectivity index (χ3v) is 4.73. The van der Waals surface area contributed by atoms with Crippen molar-refractivity contribution < 1.29 is 14.3 Å². The van der Waals surface area contributed by atoms with Crippen LogP contribution in [0.1, 0.15) is 16.1 Å². The van der Waals surface area contributed by atoms with Gasteiger partial charge in [-0.2, -0.15) is 5.10 Å². The molecule has 2 aromatic heterocycles. The quantitative estimate of drug-likeness (QED) is 0.692. The molecule has 1 N–H and O–H groups in total. The van der Waals surface area contributed by atoms with E-state index in [1.54, 1.807) is 30.3 Å². The van der Waals surface area contributed by atoms with Crippen LogP contribution in [0.4, 0.5) is 5.82 Å². The number of hydrogen-bond acceptors (Lipinski definition) is 6. The molecule has 1 aliphatic rings. The molecule has 1 aliphatic heterocycles. The minimum absolute atomic E-state index is 0.300. The maximum atomic E-state index is 12.5. The summed E-state index contributed by atoms with van der Waals surface area (Å²) in [6, 6.07) is 12.9. The number of rotatable bonds is 6. The van der Waals surface area contributed by atoms with E-state index in [-0.39, 0.29) is 5.91 Å². The third kappa shape index (κ3) is 4.79. The van der Waals surface area contributed by atoms with Gasteiger partial charge in [0.05, 0.1) is 26.0 Å². The fraction of sp³-hybridized carbons (Fsp3) is 0.286. The molecule has 1 saturated heterocycles. The Bertz CT molecular complexity index is 947. The summed E-state index contributed by atoms with van der Waals surface area (Å²) in [5, 5.41) is 7.14. The highest BCUT2D eigenvalue weighted by Gasteiger charge is 2.13. The average molecular weight is 393 g/mol. The highest BCUT2D eigenvalue weighted by molar-refractivity contribution is 6.02. The highest BCUT2D eigenvalue weighted by Crippen LogP contribution is 2.15. The van der Waals surface area contributed by atoms with Gasteiger partial charge in [-0.3, -0.25) is 9.69 Å². The molecule has 1 aromatic carbocycles. The lowest BCUT2D eigenvalue weighted by molar-refractivity contribution is 0.0341. The van der Waals surface area contributed by atoms with Gasteiger partial charge >= 0.3 is 0 Å². The third-order valence-electron chi connectivity index (χ3n) is 4.73. The molecule has 4 rings (SSSR count). The van der Waals surface area contributed by atoms with Crippen LogP contribution in [0.3, 0.4) is 0 Å². The lowest BCUT2D eigenvalue weighted by atomic mass is 10.2. The number of ether oxygens (including phenoxy) is 2.